The van der Waals surface area contributed by atoms with Gasteiger partial charge in [0, 0.05) is 36.5 Å². The van der Waals surface area contributed by atoms with Crippen LogP contribution in [0.1, 0.15) is 84.3 Å². The summed E-state index contributed by atoms with van der Waals surface area (Å²) in [6.07, 6.45) is 2.08. The number of carbonyl (C=O) groups excluding carboxylic acids is 2. The summed E-state index contributed by atoms with van der Waals surface area (Å²) < 4.78 is 11.1. The van der Waals surface area contributed by atoms with E-state index in [0.717, 1.165) is 35.5 Å². The quantitative estimate of drug-likeness (QED) is 0.565. The molecule has 0 saturated carbocycles. The molecule has 178 valence electrons. The van der Waals surface area contributed by atoms with Gasteiger partial charge in [-0.3, -0.25) is 0 Å². The minimum atomic E-state index is -0.504. The molecule has 8 heteroatoms. The second-order valence-electron chi connectivity index (χ2n) is 10.7. The summed E-state index contributed by atoms with van der Waals surface area (Å²) in [5, 5.41) is 3.12. The third kappa shape index (κ3) is 6.47. The van der Waals surface area contributed by atoms with Gasteiger partial charge in [0.2, 0.25) is 0 Å². The monoisotopic (exact) mass is 463 g/mol. The molecule has 0 unspecified atom stereocenters. The lowest BCUT2D eigenvalue weighted by Crippen LogP contribution is -2.41. The van der Waals surface area contributed by atoms with E-state index in [0.29, 0.717) is 32.1 Å². The van der Waals surface area contributed by atoms with E-state index < -0.39 is 11.2 Å². The zero-order chi connectivity index (χ0) is 23.7. The van der Waals surface area contributed by atoms with Crippen LogP contribution >= 0.6 is 11.3 Å². The van der Waals surface area contributed by atoms with E-state index in [9.17, 15) is 9.59 Å². The summed E-state index contributed by atoms with van der Waals surface area (Å²) in [6.45, 7) is 16.0. The third-order valence-corrected chi connectivity index (χ3v) is 6.54. The van der Waals surface area contributed by atoms with E-state index in [1.807, 2.05) is 41.5 Å². The Morgan fingerprint density at radius 1 is 0.969 bits per heavy atom. The number of nitrogens with zero attached hydrogens (tertiary/aromatic N) is 3. The first kappa shape index (κ1) is 24.6. The molecule has 0 aliphatic carbocycles. The van der Waals surface area contributed by atoms with E-state index in [1.165, 1.54) is 5.57 Å². The normalized spacial score (nSPS) is 18.7. The molecule has 1 saturated heterocycles. The van der Waals surface area contributed by atoms with Crippen molar-refractivity contribution in [3.05, 3.63) is 21.7 Å². The number of ether oxygens (including phenoxy) is 2. The molecule has 3 heterocycles. The second kappa shape index (κ2) is 9.41. The Morgan fingerprint density at radius 3 is 2.09 bits per heavy atom. The number of amides is 2. The molecular weight excluding hydrogens is 426 g/mol. The molecule has 2 amide bonds. The van der Waals surface area contributed by atoms with Crippen molar-refractivity contribution in [1.29, 1.82) is 0 Å². The highest BCUT2D eigenvalue weighted by atomic mass is 32.1. The molecule has 2 aliphatic heterocycles. The van der Waals surface area contributed by atoms with Crippen LogP contribution in [0.2, 0.25) is 0 Å². The predicted octanol–water partition coefficient (Wildman–Crippen LogP) is 5.67. The standard InChI is InChI=1S/C24H37N3O4S/c1-16-8-11-27(22(29)31-24(5,6)7)14-18(16)20-25-19(15-32-20)17-9-12-26(13-10-17)21(28)30-23(2,3)4/h15,17H,8-14H2,1-7H3. The number of carbonyl (C=O) groups is 2. The SMILES string of the molecule is CC1=C(c2nc(C3CCN(C(=O)OC(C)(C)C)CC3)cs2)CN(C(=O)OC(C)(C)C)CC1. The molecule has 1 aromatic rings. The highest BCUT2D eigenvalue weighted by Crippen LogP contribution is 2.34. The van der Waals surface area contributed by atoms with Gasteiger partial charge in [-0.25, -0.2) is 14.6 Å². The van der Waals surface area contributed by atoms with Gasteiger partial charge in [-0.15, -0.1) is 11.3 Å². The van der Waals surface area contributed by atoms with E-state index in [1.54, 1.807) is 21.1 Å². The van der Waals surface area contributed by atoms with E-state index >= 15 is 0 Å². The zero-order valence-electron chi connectivity index (χ0n) is 20.5. The lowest BCUT2D eigenvalue weighted by molar-refractivity contribution is 0.0202. The fraction of sp³-hybridized carbons (Fsp3) is 0.708. The number of thiazole rings is 1. The van der Waals surface area contributed by atoms with Gasteiger partial charge in [0.1, 0.15) is 16.2 Å². The molecule has 3 rings (SSSR count). The summed E-state index contributed by atoms with van der Waals surface area (Å²) in [6, 6.07) is 0. The molecule has 0 atom stereocenters. The average Bonchev–Trinajstić information content (AvgIpc) is 3.15. The minimum absolute atomic E-state index is 0.236. The third-order valence-electron chi connectivity index (χ3n) is 5.62. The molecule has 0 spiro atoms. The Balaban J connectivity index is 1.62. The summed E-state index contributed by atoms with van der Waals surface area (Å²) in [5.74, 6) is 0.338. The maximum atomic E-state index is 12.5. The second-order valence-corrected chi connectivity index (χ2v) is 11.6. The highest BCUT2D eigenvalue weighted by Gasteiger charge is 2.30. The molecule has 0 radical (unpaired) electrons. The highest BCUT2D eigenvalue weighted by molar-refractivity contribution is 7.10. The van der Waals surface area contributed by atoms with Gasteiger partial charge in [-0.2, -0.15) is 0 Å². The van der Waals surface area contributed by atoms with E-state index in [-0.39, 0.29) is 12.2 Å². The van der Waals surface area contributed by atoms with Gasteiger partial charge in [-0.1, -0.05) is 5.57 Å². The molecule has 7 nitrogen and oxygen atoms in total. The lowest BCUT2D eigenvalue weighted by atomic mass is 9.94. The molecule has 0 aromatic carbocycles. The van der Waals surface area contributed by atoms with Crippen LogP contribution < -0.4 is 0 Å². The van der Waals surface area contributed by atoms with Crippen LogP contribution in [-0.2, 0) is 9.47 Å². The van der Waals surface area contributed by atoms with Crippen LogP contribution in [0.3, 0.4) is 0 Å². The fourth-order valence-electron chi connectivity index (χ4n) is 3.89. The first-order valence-electron chi connectivity index (χ1n) is 11.4. The number of piperidine rings is 1. The molecule has 1 aromatic heterocycles. The van der Waals surface area contributed by atoms with Crippen molar-refractivity contribution in [2.45, 2.75) is 84.8 Å². The maximum absolute atomic E-state index is 12.5. The largest absolute Gasteiger partial charge is 0.444 e. The van der Waals surface area contributed by atoms with Crippen molar-refractivity contribution in [2.24, 2.45) is 0 Å². The van der Waals surface area contributed by atoms with Gasteiger partial charge in [-0.05, 0) is 67.7 Å². The van der Waals surface area contributed by atoms with Gasteiger partial charge in [0.15, 0.2) is 0 Å². The number of rotatable bonds is 2. The van der Waals surface area contributed by atoms with Crippen LogP contribution in [0.25, 0.3) is 5.57 Å². The number of hydrogen-bond donors (Lipinski definition) is 0. The van der Waals surface area contributed by atoms with Crippen LogP contribution in [0, 0.1) is 0 Å². The van der Waals surface area contributed by atoms with Crippen molar-refractivity contribution in [1.82, 2.24) is 14.8 Å². The van der Waals surface area contributed by atoms with Crippen molar-refractivity contribution in [3.8, 4) is 0 Å². The fourth-order valence-corrected chi connectivity index (χ4v) is 4.90. The van der Waals surface area contributed by atoms with Gasteiger partial charge in [0.05, 0.1) is 12.2 Å². The lowest BCUT2D eigenvalue weighted by Gasteiger charge is -2.33. The summed E-state index contributed by atoms with van der Waals surface area (Å²) in [4.78, 5) is 33.4. The molecule has 0 bridgehead atoms. The Bertz CT molecular complexity index is 871. The number of hydrogen-bond acceptors (Lipinski definition) is 6. The van der Waals surface area contributed by atoms with Crippen LogP contribution in [0.5, 0.6) is 0 Å². The predicted molar refractivity (Wildman–Crippen MR) is 127 cm³/mol. The van der Waals surface area contributed by atoms with Crippen LogP contribution in [0.15, 0.2) is 11.0 Å². The number of aromatic nitrogens is 1. The molecule has 2 aliphatic rings. The van der Waals surface area contributed by atoms with Crippen molar-refractivity contribution in [2.75, 3.05) is 26.2 Å². The van der Waals surface area contributed by atoms with Crippen LogP contribution in [-0.4, -0.2) is 64.4 Å². The van der Waals surface area contributed by atoms with Crippen LogP contribution in [0.4, 0.5) is 9.59 Å². The van der Waals surface area contributed by atoms with Crippen molar-refractivity contribution in [3.63, 3.8) is 0 Å². The first-order chi connectivity index (χ1) is 14.8. The summed E-state index contributed by atoms with van der Waals surface area (Å²) in [7, 11) is 0. The van der Waals surface area contributed by atoms with Gasteiger partial charge in [0.25, 0.3) is 0 Å². The maximum Gasteiger partial charge on any atom is 0.410 e. The first-order valence-corrected chi connectivity index (χ1v) is 12.3. The van der Waals surface area contributed by atoms with Crippen molar-refractivity contribution >= 4 is 29.1 Å². The Hall–Kier alpha value is -2.09. The summed E-state index contributed by atoms with van der Waals surface area (Å²) >= 11 is 1.64. The molecule has 32 heavy (non-hydrogen) atoms. The summed E-state index contributed by atoms with van der Waals surface area (Å²) in [5.41, 5.74) is 2.52. The minimum Gasteiger partial charge on any atom is -0.444 e. The Labute approximate surface area is 195 Å². The Morgan fingerprint density at radius 2 is 1.53 bits per heavy atom. The zero-order valence-corrected chi connectivity index (χ0v) is 21.3. The molecular formula is C24H37N3O4S. The molecule has 1 fully saturated rings. The van der Waals surface area contributed by atoms with Gasteiger partial charge >= 0.3 is 12.2 Å². The Kier molecular flexibility index (Phi) is 7.22. The molecule has 0 N–H and O–H groups in total. The average molecular weight is 464 g/mol. The van der Waals surface area contributed by atoms with E-state index in [2.05, 4.69) is 12.3 Å². The smallest absolute Gasteiger partial charge is 0.410 e. The van der Waals surface area contributed by atoms with Crippen molar-refractivity contribution < 1.29 is 19.1 Å². The van der Waals surface area contributed by atoms with Gasteiger partial charge < -0.3 is 19.3 Å². The van der Waals surface area contributed by atoms with E-state index in [4.69, 9.17) is 14.5 Å². The topological polar surface area (TPSA) is 72.0 Å². The number of likely N-dealkylation sites (tertiary alicyclic amines) is 1.